The molecular formula is C5H11F2P. The van der Waals surface area contributed by atoms with Gasteiger partial charge in [-0.15, -0.1) is 0 Å². The molecule has 8 heavy (non-hydrogen) atoms. The molecule has 0 aromatic rings. The molecular weight excluding hydrogens is 129 g/mol. The third-order valence-electron chi connectivity index (χ3n) is 0.632. The van der Waals surface area contributed by atoms with Crippen molar-refractivity contribution in [2.24, 2.45) is 0 Å². The Hall–Kier alpha value is 0.0300. The molecule has 0 radical (unpaired) electrons. The standard InChI is InChI=1S/C5H11F2P/c1-4-5-8(2,3,6)7/h4H,1,5H2,2-3H3. The number of rotatable bonds is 2. The first-order valence-electron chi connectivity index (χ1n) is 2.37. The van der Waals surface area contributed by atoms with Gasteiger partial charge in [0.15, 0.2) is 0 Å². The molecule has 0 saturated carbocycles. The topological polar surface area (TPSA) is 0 Å². The van der Waals surface area contributed by atoms with Crippen LogP contribution in [0.25, 0.3) is 0 Å². The van der Waals surface area contributed by atoms with Crippen molar-refractivity contribution in [2.45, 2.75) is 0 Å². The zero-order chi connectivity index (χ0) is 6.86. The van der Waals surface area contributed by atoms with E-state index in [1.807, 2.05) is 0 Å². The predicted octanol–water partition coefficient (Wildman–Crippen LogP) is 2.75. The number of hydrogen-bond acceptors (Lipinski definition) is 0. The second-order valence-electron chi connectivity index (χ2n) is 2.53. The Morgan fingerprint density at radius 2 is 1.88 bits per heavy atom. The summed E-state index contributed by atoms with van der Waals surface area (Å²) >= 11 is 0. The molecule has 0 aliphatic rings. The maximum absolute atomic E-state index is 12.5. The normalized spacial score (nSPS) is 16.8. The predicted molar refractivity (Wildman–Crippen MR) is 36.0 cm³/mol. The SMILES string of the molecule is C=CCP(C)(C)(F)F. The molecule has 0 spiro atoms. The number of halogens is 2. The van der Waals surface area contributed by atoms with Crippen LogP contribution in [0.2, 0.25) is 0 Å². The van der Waals surface area contributed by atoms with Crippen molar-refractivity contribution >= 4 is 7.22 Å². The van der Waals surface area contributed by atoms with Gasteiger partial charge < -0.3 is 0 Å². The van der Waals surface area contributed by atoms with Crippen LogP contribution in [0.1, 0.15) is 0 Å². The zero-order valence-electron chi connectivity index (χ0n) is 5.19. The van der Waals surface area contributed by atoms with Crippen molar-refractivity contribution in [2.75, 3.05) is 19.5 Å². The molecule has 3 heteroatoms. The summed E-state index contributed by atoms with van der Waals surface area (Å²) in [5, 5.41) is 0. The van der Waals surface area contributed by atoms with E-state index in [-0.39, 0.29) is 6.16 Å². The average molecular weight is 140 g/mol. The Morgan fingerprint density at radius 3 is 1.88 bits per heavy atom. The monoisotopic (exact) mass is 140 g/mol. The molecule has 0 aliphatic heterocycles. The van der Waals surface area contributed by atoms with Gasteiger partial charge in [0.2, 0.25) is 0 Å². The van der Waals surface area contributed by atoms with Crippen molar-refractivity contribution < 1.29 is 8.39 Å². The van der Waals surface area contributed by atoms with E-state index < -0.39 is 7.22 Å². The molecule has 0 aromatic carbocycles. The van der Waals surface area contributed by atoms with Gasteiger partial charge in [-0.05, 0) is 0 Å². The van der Waals surface area contributed by atoms with Crippen LogP contribution >= 0.6 is 7.22 Å². The second kappa shape index (κ2) is 1.77. The summed E-state index contributed by atoms with van der Waals surface area (Å²) in [5.74, 6) is 0. The minimum absolute atomic E-state index is 0.133. The second-order valence-corrected chi connectivity index (χ2v) is 7.01. The molecule has 50 valence electrons. The molecule has 0 N–H and O–H groups in total. The van der Waals surface area contributed by atoms with Crippen LogP contribution in [0.5, 0.6) is 0 Å². The van der Waals surface area contributed by atoms with E-state index >= 15 is 0 Å². The third-order valence-corrected chi connectivity index (χ3v) is 1.90. The summed E-state index contributed by atoms with van der Waals surface area (Å²) in [6, 6.07) is 0. The van der Waals surface area contributed by atoms with E-state index in [1.54, 1.807) is 0 Å². The minimum atomic E-state index is -4.22. The van der Waals surface area contributed by atoms with Crippen LogP contribution in [0, 0.1) is 0 Å². The van der Waals surface area contributed by atoms with Crippen molar-refractivity contribution in [3.05, 3.63) is 12.7 Å². The Balaban J connectivity index is 3.91. The number of allylic oxidation sites excluding steroid dienone is 1. The Kier molecular flexibility index (Phi) is 1.77. The van der Waals surface area contributed by atoms with Gasteiger partial charge in [0.1, 0.15) is 0 Å². The van der Waals surface area contributed by atoms with Gasteiger partial charge in [-0.3, -0.25) is 0 Å². The molecule has 0 bridgehead atoms. The molecule has 0 saturated heterocycles. The maximum atomic E-state index is 12.5. The summed E-state index contributed by atoms with van der Waals surface area (Å²) in [5.41, 5.74) is 0. The molecule has 0 unspecified atom stereocenters. The van der Waals surface area contributed by atoms with Crippen LogP contribution < -0.4 is 0 Å². The molecule has 0 atom stereocenters. The van der Waals surface area contributed by atoms with Gasteiger partial charge in [0, 0.05) is 0 Å². The van der Waals surface area contributed by atoms with E-state index in [0.29, 0.717) is 0 Å². The molecule has 0 rings (SSSR count). The van der Waals surface area contributed by atoms with Gasteiger partial charge in [-0.1, -0.05) is 0 Å². The van der Waals surface area contributed by atoms with Crippen LogP contribution in [-0.2, 0) is 0 Å². The van der Waals surface area contributed by atoms with Crippen molar-refractivity contribution in [3.8, 4) is 0 Å². The zero-order valence-corrected chi connectivity index (χ0v) is 6.09. The van der Waals surface area contributed by atoms with Crippen molar-refractivity contribution in [1.29, 1.82) is 0 Å². The summed E-state index contributed by atoms with van der Waals surface area (Å²) in [7, 11) is -4.22. The van der Waals surface area contributed by atoms with E-state index in [2.05, 4.69) is 6.58 Å². The van der Waals surface area contributed by atoms with Gasteiger partial charge >= 0.3 is 47.8 Å². The third kappa shape index (κ3) is 6.03. The van der Waals surface area contributed by atoms with Gasteiger partial charge in [0.05, 0.1) is 0 Å². The first-order chi connectivity index (χ1) is 3.31. The van der Waals surface area contributed by atoms with Crippen molar-refractivity contribution in [1.82, 2.24) is 0 Å². The van der Waals surface area contributed by atoms with Crippen LogP contribution in [0.3, 0.4) is 0 Å². The van der Waals surface area contributed by atoms with E-state index in [0.717, 1.165) is 13.3 Å². The molecule has 0 nitrogen and oxygen atoms in total. The Morgan fingerprint density at radius 1 is 1.50 bits per heavy atom. The molecule has 0 fully saturated rings. The summed E-state index contributed by atoms with van der Waals surface area (Å²) < 4.78 is 24.9. The van der Waals surface area contributed by atoms with E-state index in [9.17, 15) is 8.39 Å². The summed E-state index contributed by atoms with van der Waals surface area (Å²) in [4.78, 5) is 0. The molecule has 0 heterocycles. The van der Waals surface area contributed by atoms with Gasteiger partial charge in [0.25, 0.3) is 0 Å². The summed E-state index contributed by atoms with van der Waals surface area (Å²) in [6.07, 6.45) is 1.14. The Labute approximate surface area is 48.8 Å². The Bertz CT molecular complexity index is 91.5. The van der Waals surface area contributed by atoms with Crippen LogP contribution in [0.15, 0.2) is 12.7 Å². The number of hydrogen-bond donors (Lipinski definition) is 0. The van der Waals surface area contributed by atoms with Crippen molar-refractivity contribution in [3.63, 3.8) is 0 Å². The quantitative estimate of drug-likeness (QED) is 0.408. The van der Waals surface area contributed by atoms with Gasteiger partial charge in [-0.25, -0.2) is 0 Å². The van der Waals surface area contributed by atoms with Crippen LogP contribution in [-0.4, -0.2) is 19.5 Å². The fraction of sp³-hybridized carbons (Fsp3) is 0.600. The van der Waals surface area contributed by atoms with E-state index in [4.69, 9.17) is 0 Å². The first-order valence-corrected chi connectivity index (χ1v) is 5.46. The average Bonchev–Trinajstić information content (AvgIpc) is 1.25. The first kappa shape index (κ1) is 8.03. The molecule has 0 aliphatic carbocycles. The van der Waals surface area contributed by atoms with Crippen LogP contribution in [0.4, 0.5) is 8.39 Å². The van der Waals surface area contributed by atoms with Gasteiger partial charge in [-0.2, -0.15) is 0 Å². The van der Waals surface area contributed by atoms with E-state index in [1.165, 1.54) is 6.08 Å². The fourth-order valence-electron chi connectivity index (χ4n) is 0.356. The summed E-state index contributed by atoms with van der Waals surface area (Å²) in [6.45, 7) is 5.29. The molecule has 0 amide bonds. The molecule has 0 aromatic heterocycles. The fourth-order valence-corrected chi connectivity index (χ4v) is 1.07.